The molecule has 3 N–H and O–H groups in total. The van der Waals surface area contributed by atoms with Crippen molar-refractivity contribution in [2.24, 2.45) is 5.73 Å². The number of benzene rings is 2. The van der Waals surface area contributed by atoms with Crippen LogP contribution in [-0.4, -0.2) is 27.6 Å². The Kier molecular flexibility index (Phi) is 5.86. The van der Waals surface area contributed by atoms with Crippen LogP contribution < -0.4 is 11.1 Å². The second-order valence-electron chi connectivity index (χ2n) is 6.18. The van der Waals surface area contributed by atoms with Crippen molar-refractivity contribution in [1.29, 1.82) is 0 Å². The molecule has 1 heterocycles. The molecule has 1 aromatic heterocycles. The first-order chi connectivity index (χ1) is 13.7. The Morgan fingerprint density at radius 1 is 1.14 bits per heavy atom. The lowest BCUT2D eigenvalue weighted by atomic mass is 10.1. The zero-order valence-electron chi connectivity index (χ0n) is 14.9. The third kappa shape index (κ3) is 4.55. The Morgan fingerprint density at radius 2 is 1.86 bits per heavy atom. The van der Waals surface area contributed by atoms with Crippen LogP contribution in [0.25, 0.3) is 16.9 Å². The van der Waals surface area contributed by atoms with Gasteiger partial charge in [0.2, 0.25) is 5.91 Å². The Labute approximate surface area is 174 Å². The molecule has 2 aromatic carbocycles. The van der Waals surface area contributed by atoms with Crippen molar-refractivity contribution < 1.29 is 18.4 Å². The molecule has 29 heavy (non-hydrogen) atoms. The van der Waals surface area contributed by atoms with Crippen LogP contribution in [0, 0.1) is 11.6 Å². The minimum Gasteiger partial charge on any atom is -0.368 e. The van der Waals surface area contributed by atoms with Crippen molar-refractivity contribution in [1.82, 2.24) is 15.1 Å². The number of hydrogen-bond donors (Lipinski definition) is 2. The molecule has 6 nitrogen and oxygen atoms in total. The van der Waals surface area contributed by atoms with Gasteiger partial charge in [0.05, 0.1) is 16.4 Å². The van der Waals surface area contributed by atoms with Crippen molar-refractivity contribution in [3.05, 3.63) is 69.8 Å². The van der Waals surface area contributed by atoms with Crippen molar-refractivity contribution in [2.75, 3.05) is 0 Å². The molecule has 0 bridgehead atoms. The van der Waals surface area contributed by atoms with Crippen LogP contribution in [0.5, 0.6) is 0 Å². The zero-order valence-corrected chi connectivity index (χ0v) is 16.4. The molecule has 0 spiro atoms. The fourth-order valence-electron chi connectivity index (χ4n) is 2.55. The molecule has 1 atom stereocenters. The molecule has 0 saturated heterocycles. The van der Waals surface area contributed by atoms with E-state index in [1.165, 1.54) is 41.9 Å². The summed E-state index contributed by atoms with van der Waals surface area (Å²) in [5.74, 6) is -2.62. The third-order valence-electron chi connectivity index (χ3n) is 4.02. The number of hydrogen-bond acceptors (Lipinski definition) is 3. The van der Waals surface area contributed by atoms with Crippen LogP contribution >= 0.6 is 23.2 Å². The fraction of sp³-hybridized carbons (Fsp3) is 0.105. The average Bonchev–Trinajstić information content (AvgIpc) is 3.08. The quantitative estimate of drug-likeness (QED) is 0.635. The molecule has 3 rings (SSSR count). The molecule has 0 aliphatic carbocycles. The number of carbonyl (C=O) groups is 2. The summed E-state index contributed by atoms with van der Waals surface area (Å²) in [5, 5.41) is 6.59. The summed E-state index contributed by atoms with van der Waals surface area (Å²) in [6.45, 7) is 1.42. The van der Waals surface area contributed by atoms with Gasteiger partial charge >= 0.3 is 0 Å². The molecule has 0 aliphatic heterocycles. The highest BCUT2D eigenvalue weighted by Crippen LogP contribution is 2.29. The molecule has 1 unspecified atom stereocenters. The Balaban J connectivity index is 2.14. The summed E-state index contributed by atoms with van der Waals surface area (Å²) in [4.78, 5) is 23.7. The van der Waals surface area contributed by atoms with E-state index in [0.29, 0.717) is 16.9 Å². The molecule has 0 fully saturated rings. The van der Waals surface area contributed by atoms with Gasteiger partial charge in [0.15, 0.2) is 5.69 Å². The highest BCUT2D eigenvalue weighted by atomic mass is 35.5. The monoisotopic (exact) mass is 438 g/mol. The second kappa shape index (κ2) is 8.18. The van der Waals surface area contributed by atoms with Gasteiger partial charge in [-0.1, -0.05) is 23.2 Å². The maximum absolute atomic E-state index is 13.9. The minimum absolute atomic E-state index is 0.0751. The summed E-state index contributed by atoms with van der Waals surface area (Å²) < 4.78 is 28.7. The molecular formula is C19H14Cl2F2N4O2. The smallest absolute Gasteiger partial charge is 0.272 e. The van der Waals surface area contributed by atoms with Gasteiger partial charge < -0.3 is 11.1 Å². The summed E-state index contributed by atoms with van der Waals surface area (Å²) in [5.41, 5.74) is 6.03. The van der Waals surface area contributed by atoms with Crippen LogP contribution in [0.3, 0.4) is 0 Å². The molecule has 0 radical (unpaired) electrons. The highest BCUT2D eigenvalue weighted by Gasteiger charge is 2.21. The van der Waals surface area contributed by atoms with E-state index < -0.39 is 29.5 Å². The number of halogens is 4. The fourth-order valence-corrected chi connectivity index (χ4v) is 2.95. The van der Waals surface area contributed by atoms with E-state index in [2.05, 4.69) is 10.4 Å². The first kappa shape index (κ1) is 20.8. The normalized spacial score (nSPS) is 11.9. The molecule has 2 amide bonds. The van der Waals surface area contributed by atoms with Crippen LogP contribution in [-0.2, 0) is 4.79 Å². The van der Waals surface area contributed by atoms with Crippen LogP contribution in [0.15, 0.2) is 42.5 Å². The Bertz CT molecular complexity index is 1100. The van der Waals surface area contributed by atoms with E-state index in [1.807, 2.05) is 0 Å². The number of carbonyl (C=O) groups excluding carboxylic acids is 2. The van der Waals surface area contributed by atoms with Gasteiger partial charge in [0.1, 0.15) is 17.7 Å². The van der Waals surface area contributed by atoms with Crippen molar-refractivity contribution in [3.8, 4) is 16.9 Å². The van der Waals surface area contributed by atoms with E-state index in [9.17, 15) is 18.4 Å². The van der Waals surface area contributed by atoms with Crippen LogP contribution in [0.4, 0.5) is 8.78 Å². The predicted octanol–water partition coefficient (Wildman–Crippen LogP) is 3.73. The first-order valence-electron chi connectivity index (χ1n) is 8.28. The number of amides is 2. The maximum atomic E-state index is 13.9. The molecule has 10 heteroatoms. The lowest BCUT2D eigenvalue weighted by Gasteiger charge is -2.09. The van der Waals surface area contributed by atoms with Gasteiger partial charge in [-0.2, -0.15) is 5.10 Å². The lowest BCUT2D eigenvalue weighted by Crippen LogP contribution is -2.42. The minimum atomic E-state index is -0.931. The summed E-state index contributed by atoms with van der Waals surface area (Å²) in [7, 11) is 0. The number of primary amides is 1. The van der Waals surface area contributed by atoms with Crippen molar-refractivity contribution in [3.63, 3.8) is 0 Å². The Morgan fingerprint density at radius 3 is 2.48 bits per heavy atom. The van der Waals surface area contributed by atoms with Crippen LogP contribution in [0.1, 0.15) is 17.4 Å². The summed E-state index contributed by atoms with van der Waals surface area (Å²) in [6, 6.07) is 8.11. The standard InChI is InChI=1S/C19H14Cl2F2N4O2/c1-9(18(24)28)25-19(29)16-8-17(10-4-11(20)6-12(22)5-10)27(26-16)13-2-3-15(23)14(21)7-13/h2-9H,1H3,(H2,24,28)(H,25,29). The largest absolute Gasteiger partial charge is 0.368 e. The first-order valence-corrected chi connectivity index (χ1v) is 9.03. The van der Waals surface area contributed by atoms with Crippen molar-refractivity contribution >= 4 is 35.0 Å². The second-order valence-corrected chi connectivity index (χ2v) is 7.02. The number of nitrogens with two attached hydrogens (primary N) is 1. The van der Waals surface area contributed by atoms with E-state index >= 15 is 0 Å². The molecular weight excluding hydrogens is 425 g/mol. The van der Waals surface area contributed by atoms with Gasteiger partial charge in [-0.3, -0.25) is 9.59 Å². The molecule has 0 aliphatic rings. The maximum Gasteiger partial charge on any atom is 0.272 e. The SMILES string of the molecule is CC(NC(=O)c1cc(-c2cc(F)cc(Cl)c2)n(-c2ccc(F)c(Cl)c2)n1)C(N)=O. The Hall–Kier alpha value is -2.97. The lowest BCUT2D eigenvalue weighted by molar-refractivity contribution is -0.119. The number of rotatable bonds is 5. The van der Waals surface area contributed by atoms with E-state index in [-0.39, 0.29) is 15.7 Å². The van der Waals surface area contributed by atoms with E-state index in [0.717, 1.165) is 12.1 Å². The van der Waals surface area contributed by atoms with Gasteiger partial charge in [-0.25, -0.2) is 13.5 Å². The number of aromatic nitrogens is 2. The zero-order chi connectivity index (χ0) is 21.3. The predicted molar refractivity (Wildman–Crippen MR) is 105 cm³/mol. The summed E-state index contributed by atoms with van der Waals surface area (Å²) in [6.07, 6.45) is 0. The highest BCUT2D eigenvalue weighted by molar-refractivity contribution is 6.31. The van der Waals surface area contributed by atoms with Gasteiger partial charge in [-0.15, -0.1) is 0 Å². The summed E-state index contributed by atoms with van der Waals surface area (Å²) >= 11 is 11.8. The number of nitrogens with zero attached hydrogens (tertiary/aromatic N) is 2. The van der Waals surface area contributed by atoms with Gasteiger partial charge in [-0.05, 0) is 49.4 Å². The molecule has 3 aromatic rings. The third-order valence-corrected chi connectivity index (χ3v) is 4.53. The van der Waals surface area contributed by atoms with E-state index in [1.54, 1.807) is 0 Å². The van der Waals surface area contributed by atoms with Crippen LogP contribution in [0.2, 0.25) is 10.0 Å². The van der Waals surface area contributed by atoms with Gasteiger partial charge in [0.25, 0.3) is 5.91 Å². The average molecular weight is 439 g/mol. The molecule has 150 valence electrons. The topological polar surface area (TPSA) is 90.0 Å². The van der Waals surface area contributed by atoms with Gasteiger partial charge in [0, 0.05) is 10.6 Å². The molecule has 0 saturated carbocycles. The van der Waals surface area contributed by atoms with Crippen molar-refractivity contribution in [2.45, 2.75) is 13.0 Å². The number of nitrogens with one attached hydrogen (secondary N) is 1. The van der Waals surface area contributed by atoms with E-state index in [4.69, 9.17) is 28.9 Å².